The largest absolute Gasteiger partial charge is 0.478 e. The minimum atomic E-state index is -1.17. The number of rotatable bonds is 4. The number of aromatic carboxylic acids is 1. The summed E-state index contributed by atoms with van der Waals surface area (Å²) in [6.07, 6.45) is 1.66. The number of hydrogen-bond acceptors (Lipinski definition) is 4. The Balaban J connectivity index is 2.19. The second kappa shape index (κ2) is 6.36. The molecule has 21 heavy (non-hydrogen) atoms. The lowest BCUT2D eigenvalue weighted by molar-refractivity contribution is -0.118. The average molecular weight is 291 g/mol. The second-order valence-electron chi connectivity index (χ2n) is 4.88. The van der Waals surface area contributed by atoms with Gasteiger partial charge < -0.3 is 21.1 Å². The highest BCUT2D eigenvalue weighted by Gasteiger charge is 2.23. The first-order chi connectivity index (χ1) is 9.97. The summed E-state index contributed by atoms with van der Waals surface area (Å²) in [6, 6.07) is 4.05. The highest BCUT2D eigenvalue weighted by atomic mass is 16.4. The number of carbonyl (C=O) groups excluding carboxylic acids is 2. The van der Waals surface area contributed by atoms with Crippen molar-refractivity contribution in [2.24, 2.45) is 0 Å². The van der Waals surface area contributed by atoms with Crippen LogP contribution < -0.4 is 16.0 Å². The van der Waals surface area contributed by atoms with Crippen molar-refractivity contribution < 1.29 is 19.5 Å². The molecule has 1 aliphatic heterocycles. The lowest BCUT2D eigenvalue weighted by Gasteiger charge is -2.14. The van der Waals surface area contributed by atoms with E-state index in [1.54, 1.807) is 6.07 Å². The van der Waals surface area contributed by atoms with Crippen molar-refractivity contribution in [3.63, 3.8) is 0 Å². The topological polar surface area (TPSA) is 108 Å². The van der Waals surface area contributed by atoms with Gasteiger partial charge in [0.15, 0.2) is 0 Å². The number of amides is 2. The number of carboxylic acids is 1. The van der Waals surface area contributed by atoms with Crippen LogP contribution in [0, 0.1) is 0 Å². The van der Waals surface area contributed by atoms with E-state index in [0.717, 1.165) is 19.4 Å². The van der Waals surface area contributed by atoms with E-state index >= 15 is 0 Å². The van der Waals surface area contributed by atoms with Crippen molar-refractivity contribution in [2.45, 2.75) is 25.8 Å². The zero-order valence-electron chi connectivity index (χ0n) is 11.6. The Morgan fingerprint density at radius 3 is 2.62 bits per heavy atom. The molecular weight excluding hydrogens is 274 g/mol. The summed E-state index contributed by atoms with van der Waals surface area (Å²) in [5.41, 5.74) is 0.528. The van der Waals surface area contributed by atoms with Gasteiger partial charge in [0.1, 0.15) is 0 Å². The number of anilines is 2. The molecule has 0 spiro atoms. The molecular formula is C14H17N3O4. The van der Waals surface area contributed by atoms with Gasteiger partial charge in [-0.25, -0.2) is 4.79 Å². The Morgan fingerprint density at radius 2 is 2.05 bits per heavy atom. The molecule has 0 saturated carbocycles. The van der Waals surface area contributed by atoms with Crippen LogP contribution in [0.5, 0.6) is 0 Å². The van der Waals surface area contributed by atoms with Crippen molar-refractivity contribution >= 4 is 29.2 Å². The highest BCUT2D eigenvalue weighted by Crippen LogP contribution is 2.21. The minimum Gasteiger partial charge on any atom is -0.478 e. The molecule has 1 aromatic rings. The molecule has 1 unspecified atom stereocenters. The predicted octanol–water partition coefficient (Wildman–Crippen LogP) is 1.03. The zero-order valence-corrected chi connectivity index (χ0v) is 11.6. The van der Waals surface area contributed by atoms with E-state index in [4.69, 9.17) is 0 Å². The maximum Gasteiger partial charge on any atom is 0.337 e. The monoisotopic (exact) mass is 291 g/mol. The molecule has 1 fully saturated rings. The molecule has 0 radical (unpaired) electrons. The van der Waals surface area contributed by atoms with Gasteiger partial charge >= 0.3 is 5.97 Å². The van der Waals surface area contributed by atoms with Crippen molar-refractivity contribution in [1.29, 1.82) is 0 Å². The molecule has 2 rings (SSSR count). The van der Waals surface area contributed by atoms with Crippen LogP contribution in [0.3, 0.4) is 0 Å². The number of benzene rings is 1. The van der Waals surface area contributed by atoms with Gasteiger partial charge in [0.2, 0.25) is 11.8 Å². The SMILES string of the molecule is CC(=O)Nc1ccc(NC(=O)C2CCCN2)c(C(=O)O)c1. The number of carbonyl (C=O) groups is 3. The third-order valence-corrected chi connectivity index (χ3v) is 3.21. The van der Waals surface area contributed by atoms with Crippen LogP contribution in [0.4, 0.5) is 11.4 Å². The van der Waals surface area contributed by atoms with Crippen LogP contribution >= 0.6 is 0 Å². The third-order valence-electron chi connectivity index (χ3n) is 3.21. The summed E-state index contributed by atoms with van der Waals surface area (Å²) in [5, 5.41) is 17.4. The molecule has 2 amide bonds. The Hall–Kier alpha value is -2.41. The number of nitrogens with one attached hydrogen (secondary N) is 3. The summed E-state index contributed by atoms with van der Waals surface area (Å²) in [7, 11) is 0. The average Bonchev–Trinajstić information content (AvgIpc) is 2.93. The van der Waals surface area contributed by atoms with E-state index < -0.39 is 5.97 Å². The fourth-order valence-electron chi connectivity index (χ4n) is 2.24. The Labute approximate surface area is 121 Å². The third kappa shape index (κ3) is 3.79. The maximum atomic E-state index is 12.0. The van der Waals surface area contributed by atoms with Gasteiger partial charge in [0, 0.05) is 12.6 Å². The van der Waals surface area contributed by atoms with Crippen molar-refractivity contribution in [1.82, 2.24) is 5.32 Å². The van der Waals surface area contributed by atoms with Gasteiger partial charge in [-0.2, -0.15) is 0 Å². The first-order valence-electron chi connectivity index (χ1n) is 6.66. The van der Waals surface area contributed by atoms with Crippen LogP contribution in [0.1, 0.15) is 30.1 Å². The van der Waals surface area contributed by atoms with E-state index in [1.807, 2.05) is 0 Å². The van der Waals surface area contributed by atoms with E-state index in [-0.39, 0.29) is 29.1 Å². The summed E-state index contributed by atoms with van der Waals surface area (Å²) in [4.78, 5) is 34.3. The fourth-order valence-corrected chi connectivity index (χ4v) is 2.24. The van der Waals surface area contributed by atoms with Crippen LogP contribution in [0.2, 0.25) is 0 Å². The summed E-state index contributed by atoms with van der Waals surface area (Å²) < 4.78 is 0. The smallest absolute Gasteiger partial charge is 0.337 e. The molecule has 1 heterocycles. The summed E-state index contributed by atoms with van der Waals surface area (Å²) in [6.45, 7) is 2.12. The van der Waals surface area contributed by atoms with Crippen molar-refractivity contribution in [3.05, 3.63) is 23.8 Å². The second-order valence-corrected chi connectivity index (χ2v) is 4.88. The molecule has 1 atom stereocenters. The Bertz CT molecular complexity index is 580. The van der Waals surface area contributed by atoms with Gasteiger partial charge in [0.25, 0.3) is 0 Å². The number of carboxylic acid groups (broad SMARTS) is 1. The van der Waals surface area contributed by atoms with E-state index in [2.05, 4.69) is 16.0 Å². The minimum absolute atomic E-state index is 0.0624. The molecule has 0 aliphatic carbocycles. The van der Waals surface area contributed by atoms with Gasteiger partial charge in [0.05, 0.1) is 17.3 Å². The van der Waals surface area contributed by atoms with E-state index in [9.17, 15) is 19.5 Å². The lowest BCUT2D eigenvalue weighted by Crippen LogP contribution is -2.35. The fraction of sp³-hybridized carbons (Fsp3) is 0.357. The lowest BCUT2D eigenvalue weighted by atomic mass is 10.1. The molecule has 0 bridgehead atoms. The number of hydrogen-bond donors (Lipinski definition) is 4. The zero-order chi connectivity index (χ0) is 15.4. The highest BCUT2D eigenvalue weighted by molar-refractivity contribution is 6.03. The normalized spacial score (nSPS) is 17.3. The van der Waals surface area contributed by atoms with Crippen LogP contribution in [0.15, 0.2) is 18.2 Å². The van der Waals surface area contributed by atoms with Crippen molar-refractivity contribution in [3.8, 4) is 0 Å². The van der Waals surface area contributed by atoms with Crippen LogP contribution in [-0.2, 0) is 9.59 Å². The van der Waals surface area contributed by atoms with Crippen LogP contribution in [-0.4, -0.2) is 35.5 Å². The molecule has 1 saturated heterocycles. The molecule has 0 aromatic heterocycles. The molecule has 7 nitrogen and oxygen atoms in total. The molecule has 112 valence electrons. The Kier molecular flexibility index (Phi) is 4.54. The summed E-state index contributed by atoms with van der Waals surface area (Å²) in [5.74, 6) is -1.71. The standard InChI is InChI=1S/C14H17N3O4/c1-8(18)16-9-4-5-11(10(7-9)14(20)21)17-13(19)12-3-2-6-15-12/h4-5,7,12,15H,2-3,6H2,1H3,(H,16,18)(H,17,19)(H,20,21). The van der Waals surface area contributed by atoms with Gasteiger partial charge in [-0.3, -0.25) is 9.59 Å². The quantitative estimate of drug-likeness (QED) is 0.663. The molecule has 1 aliphatic rings. The van der Waals surface area contributed by atoms with E-state index in [1.165, 1.54) is 19.1 Å². The van der Waals surface area contributed by atoms with Crippen LogP contribution in [0.25, 0.3) is 0 Å². The van der Waals surface area contributed by atoms with Gasteiger partial charge in [-0.05, 0) is 37.6 Å². The molecule has 4 N–H and O–H groups in total. The first-order valence-corrected chi connectivity index (χ1v) is 6.66. The molecule has 1 aromatic carbocycles. The molecule has 7 heteroatoms. The maximum absolute atomic E-state index is 12.0. The first kappa shape index (κ1) is 15.0. The van der Waals surface area contributed by atoms with Crippen molar-refractivity contribution in [2.75, 3.05) is 17.2 Å². The van der Waals surface area contributed by atoms with Gasteiger partial charge in [-0.15, -0.1) is 0 Å². The predicted molar refractivity (Wildman–Crippen MR) is 77.4 cm³/mol. The van der Waals surface area contributed by atoms with Gasteiger partial charge in [-0.1, -0.05) is 0 Å². The summed E-state index contributed by atoms with van der Waals surface area (Å²) >= 11 is 0. The Morgan fingerprint density at radius 1 is 1.29 bits per heavy atom. The van der Waals surface area contributed by atoms with E-state index in [0.29, 0.717) is 5.69 Å².